The molecule has 1 aromatic carbocycles. The maximum Gasteiger partial charge on any atom is 0.132 e. The number of hydrogen-bond acceptors (Lipinski definition) is 4. The molecule has 4 heteroatoms. The van der Waals surface area contributed by atoms with Gasteiger partial charge in [-0.2, -0.15) is 0 Å². The lowest BCUT2D eigenvalue weighted by molar-refractivity contribution is 0.122. The van der Waals surface area contributed by atoms with E-state index in [1.165, 1.54) is 22.1 Å². The van der Waals surface area contributed by atoms with Crippen molar-refractivity contribution in [2.75, 3.05) is 37.7 Å². The van der Waals surface area contributed by atoms with Crippen LogP contribution in [0.25, 0.3) is 10.9 Å². The smallest absolute Gasteiger partial charge is 0.132 e. The number of rotatable bonds is 3. The fourth-order valence-corrected chi connectivity index (χ4v) is 2.86. The van der Waals surface area contributed by atoms with Gasteiger partial charge in [-0.1, -0.05) is 0 Å². The van der Waals surface area contributed by atoms with E-state index >= 15 is 0 Å². The molecule has 1 aromatic heterocycles. The highest BCUT2D eigenvalue weighted by Crippen LogP contribution is 2.26. The zero-order valence-electron chi connectivity index (χ0n) is 12.9. The van der Waals surface area contributed by atoms with Gasteiger partial charge in [-0.3, -0.25) is 0 Å². The number of aromatic nitrogens is 1. The Morgan fingerprint density at radius 3 is 2.57 bits per heavy atom. The minimum absolute atomic E-state index is 0.648. The highest BCUT2D eigenvalue weighted by molar-refractivity contribution is 5.83. The number of nitrogens with zero attached hydrogens (tertiary/aromatic N) is 2. The molecule has 2 N–H and O–H groups in total. The van der Waals surface area contributed by atoms with Crippen LogP contribution in [0.15, 0.2) is 18.2 Å². The monoisotopic (exact) mass is 285 g/mol. The first-order chi connectivity index (χ1) is 10.2. The summed E-state index contributed by atoms with van der Waals surface area (Å²) in [6.07, 6.45) is 0.864. The van der Waals surface area contributed by atoms with Gasteiger partial charge < -0.3 is 15.4 Å². The van der Waals surface area contributed by atoms with Crippen molar-refractivity contribution < 1.29 is 4.74 Å². The lowest BCUT2D eigenvalue weighted by Crippen LogP contribution is -2.37. The summed E-state index contributed by atoms with van der Waals surface area (Å²) in [5, 5.41) is 1.21. The molecule has 1 aliphatic heterocycles. The number of ether oxygens (including phenoxy) is 1. The van der Waals surface area contributed by atoms with Crippen LogP contribution in [0.5, 0.6) is 0 Å². The maximum atomic E-state index is 5.79. The SMILES string of the molecule is Cc1cc2cc(CCN)c(N3CCOCC3)nc2cc1C. The second-order valence-corrected chi connectivity index (χ2v) is 5.74. The standard InChI is InChI=1S/C17H23N3O/c1-12-9-15-11-14(3-4-18)17(19-16(15)10-13(12)2)20-5-7-21-8-6-20/h9-11H,3-8,18H2,1-2H3. The van der Waals surface area contributed by atoms with Crippen molar-refractivity contribution in [2.45, 2.75) is 20.3 Å². The third kappa shape index (κ3) is 2.87. The van der Waals surface area contributed by atoms with Gasteiger partial charge in [0.15, 0.2) is 0 Å². The molecule has 0 radical (unpaired) electrons. The van der Waals surface area contributed by atoms with Gasteiger partial charge in [0.05, 0.1) is 18.7 Å². The highest BCUT2D eigenvalue weighted by Gasteiger charge is 2.17. The Morgan fingerprint density at radius 1 is 1.14 bits per heavy atom. The maximum absolute atomic E-state index is 5.79. The summed E-state index contributed by atoms with van der Waals surface area (Å²) < 4.78 is 5.45. The number of anilines is 1. The van der Waals surface area contributed by atoms with Crippen LogP contribution in [0.1, 0.15) is 16.7 Å². The molecule has 3 rings (SSSR count). The molecule has 0 amide bonds. The summed E-state index contributed by atoms with van der Waals surface area (Å²) >= 11 is 0. The van der Waals surface area contributed by atoms with Crippen molar-refractivity contribution >= 4 is 16.7 Å². The summed E-state index contributed by atoms with van der Waals surface area (Å²) in [7, 11) is 0. The van der Waals surface area contributed by atoms with Gasteiger partial charge in [0.1, 0.15) is 5.82 Å². The molecule has 0 unspecified atom stereocenters. The molecule has 0 spiro atoms. The quantitative estimate of drug-likeness (QED) is 0.939. The van der Waals surface area contributed by atoms with Crippen LogP contribution in [0.3, 0.4) is 0 Å². The number of aryl methyl sites for hydroxylation is 2. The molecule has 2 aromatic rings. The Hall–Kier alpha value is -1.65. The van der Waals surface area contributed by atoms with Gasteiger partial charge in [0.2, 0.25) is 0 Å². The van der Waals surface area contributed by atoms with E-state index in [2.05, 4.69) is 36.9 Å². The van der Waals surface area contributed by atoms with Crippen LogP contribution in [0.2, 0.25) is 0 Å². The Balaban J connectivity index is 2.11. The van der Waals surface area contributed by atoms with E-state index in [9.17, 15) is 0 Å². The lowest BCUT2D eigenvalue weighted by Gasteiger charge is -2.30. The van der Waals surface area contributed by atoms with Crippen molar-refractivity contribution in [3.8, 4) is 0 Å². The topological polar surface area (TPSA) is 51.4 Å². The van der Waals surface area contributed by atoms with Crippen LogP contribution in [0.4, 0.5) is 5.82 Å². The summed E-state index contributed by atoms with van der Waals surface area (Å²) in [5.74, 6) is 1.08. The largest absolute Gasteiger partial charge is 0.378 e. The van der Waals surface area contributed by atoms with Gasteiger partial charge >= 0.3 is 0 Å². The van der Waals surface area contributed by atoms with Gasteiger partial charge in [-0.05, 0) is 61.7 Å². The van der Waals surface area contributed by atoms with E-state index in [0.717, 1.165) is 44.1 Å². The molecular formula is C17H23N3O. The zero-order valence-corrected chi connectivity index (χ0v) is 12.9. The first kappa shape index (κ1) is 14.3. The van der Waals surface area contributed by atoms with Crippen molar-refractivity contribution in [1.82, 2.24) is 4.98 Å². The molecular weight excluding hydrogens is 262 g/mol. The normalized spacial score (nSPS) is 15.7. The second kappa shape index (κ2) is 6.00. The van der Waals surface area contributed by atoms with Crippen LogP contribution in [0, 0.1) is 13.8 Å². The molecule has 4 nitrogen and oxygen atoms in total. The third-order valence-corrected chi connectivity index (χ3v) is 4.21. The van der Waals surface area contributed by atoms with Gasteiger partial charge in [0, 0.05) is 18.5 Å². The van der Waals surface area contributed by atoms with E-state index < -0.39 is 0 Å². The Morgan fingerprint density at radius 2 is 1.86 bits per heavy atom. The summed E-state index contributed by atoms with van der Waals surface area (Å²) in [5.41, 5.74) is 10.7. The molecule has 21 heavy (non-hydrogen) atoms. The van der Waals surface area contributed by atoms with Crippen LogP contribution in [-0.4, -0.2) is 37.8 Å². The first-order valence-electron chi connectivity index (χ1n) is 7.62. The second-order valence-electron chi connectivity index (χ2n) is 5.74. The zero-order chi connectivity index (χ0) is 14.8. The number of benzene rings is 1. The van der Waals surface area contributed by atoms with E-state index in [1.54, 1.807) is 0 Å². The molecule has 0 aliphatic carbocycles. The average molecular weight is 285 g/mol. The van der Waals surface area contributed by atoms with Crippen LogP contribution in [-0.2, 0) is 11.2 Å². The fraction of sp³-hybridized carbons (Fsp3) is 0.471. The van der Waals surface area contributed by atoms with E-state index in [4.69, 9.17) is 15.5 Å². The third-order valence-electron chi connectivity index (χ3n) is 4.21. The van der Waals surface area contributed by atoms with Crippen molar-refractivity contribution in [1.29, 1.82) is 0 Å². The van der Waals surface area contributed by atoms with Crippen LogP contribution < -0.4 is 10.6 Å². The summed E-state index contributed by atoms with van der Waals surface area (Å²) in [4.78, 5) is 7.26. The summed E-state index contributed by atoms with van der Waals surface area (Å²) in [6, 6.07) is 6.66. The Kier molecular flexibility index (Phi) is 4.08. The predicted molar refractivity (Wildman–Crippen MR) is 87.0 cm³/mol. The minimum atomic E-state index is 0.648. The molecule has 2 heterocycles. The Labute approximate surface area is 125 Å². The molecule has 0 atom stereocenters. The van der Waals surface area contributed by atoms with Crippen molar-refractivity contribution in [3.63, 3.8) is 0 Å². The number of nitrogens with two attached hydrogens (primary N) is 1. The van der Waals surface area contributed by atoms with Gasteiger partial charge in [-0.15, -0.1) is 0 Å². The number of morpholine rings is 1. The van der Waals surface area contributed by atoms with Gasteiger partial charge in [-0.25, -0.2) is 4.98 Å². The fourth-order valence-electron chi connectivity index (χ4n) is 2.86. The van der Waals surface area contributed by atoms with Crippen molar-refractivity contribution in [3.05, 3.63) is 34.9 Å². The van der Waals surface area contributed by atoms with Crippen molar-refractivity contribution in [2.24, 2.45) is 5.73 Å². The van der Waals surface area contributed by atoms with E-state index in [0.29, 0.717) is 6.54 Å². The predicted octanol–water partition coefficient (Wildman–Crippen LogP) is 2.19. The average Bonchev–Trinajstić information content (AvgIpc) is 2.49. The number of fused-ring (bicyclic) bond motifs is 1. The summed E-state index contributed by atoms with van der Waals surface area (Å²) in [6.45, 7) is 8.28. The van der Waals surface area contributed by atoms with E-state index in [1.807, 2.05) is 0 Å². The van der Waals surface area contributed by atoms with E-state index in [-0.39, 0.29) is 0 Å². The van der Waals surface area contributed by atoms with Gasteiger partial charge in [0.25, 0.3) is 0 Å². The molecule has 0 bridgehead atoms. The lowest BCUT2D eigenvalue weighted by atomic mass is 10.0. The molecule has 1 aliphatic rings. The Bertz CT molecular complexity index is 648. The first-order valence-corrected chi connectivity index (χ1v) is 7.62. The molecule has 0 saturated carbocycles. The molecule has 1 fully saturated rings. The number of pyridine rings is 1. The molecule has 112 valence electrons. The minimum Gasteiger partial charge on any atom is -0.378 e. The molecule has 1 saturated heterocycles. The highest BCUT2D eigenvalue weighted by atomic mass is 16.5. The van der Waals surface area contributed by atoms with Crippen LogP contribution >= 0.6 is 0 Å². The number of hydrogen-bond donors (Lipinski definition) is 1.